The molecule has 0 aliphatic rings. The summed E-state index contributed by atoms with van der Waals surface area (Å²) in [5.74, 6) is 0.486. The normalized spacial score (nSPS) is 10.9. The van der Waals surface area contributed by atoms with Crippen LogP contribution < -0.4 is 0 Å². The molecule has 0 radical (unpaired) electrons. The minimum Gasteiger partial charge on any atom is -0.236 e. The topological polar surface area (TPSA) is 25.8 Å². The fraction of sp³-hybridized carbons (Fsp3) is 0.0667. The van der Waals surface area contributed by atoms with Crippen molar-refractivity contribution in [3.63, 3.8) is 0 Å². The number of benzene rings is 2. The molecule has 3 aromatic rings. The van der Waals surface area contributed by atoms with Crippen LogP contribution in [0.1, 0.15) is 5.56 Å². The Hall–Kier alpha value is -1.46. The summed E-state index contributed by atoms with van der Waals surface area (Å²) in [7, 11) is 0. The number of para-hydroxylation sites is 1. The Labute approximate surface area is 128 Å². The van der Waals surface area contributed by atoms with Crippen LogP contribution >= 0.6 is 27.7 Å². The molecule has 20 heavy (non-hydrogen) atoms. The molecular formula is C15H10BrFN2S. The Kier molecular flexibility index (Phi) is 3.98. The average molecular weight is 349 g/mol. The Balaban J connectivity index is 1.87. The zero-order chi connectivity index (χ0) is 13.9. The van der Waals surface area contributed by atoms with Crippen molar-refractivity contribution < 1.29 is 4.39 Å². The highest BCUT2D eigenvalue weighted by Gasteiger charge is 2.06. The van der Waals surface area contributed by atoms with E-state index < -0.39 is 0 Å². The summed E-state index contributed by atoms with van der Waals surface area (Å²) >= 11 is 5.00. The van der Waals surface area contributed by atoms with Gasteiger partial charge in [-0.25, -0.2) is 14.4 Å². The minimum absolute atomic E-state index is 0.238. The van der Waals surface area contributed by atoms with Gasteiger partial charge in [-0.05, 0) is 23.8 Å². The van der Waals surface area contributed by atoms with Gasteiger partial charge in [0.2, 0.25) is 0 Å². The molecule has 3 rings (SSSR count). The third-order valence-electron chi connectivity index (χ3n) is 2.89. The van der Waals surface area contributed by atoms with E-state index in [1.807, 2.05) is 24.3 Å². The van der Waals surface area contributed by atoms with Crippen molar-refractivity contribution in [2.24, 2.45) is 0 Å². The van der Waals surface area contributed by atoms with Crippen LogP contribution in [-0.4, -0.2) is 9.97 Å². The quantitative estimate of drug-likeness (QED) is 0.501. The fourth-order valence-electron chi connectivity index (χ4n) is 1.88. The molecule has 0 unspecified atom stereocenters. The number of hydrogen-bond donors (Lipinski definition) is 0. The van der Waals surface area contributed by atoms with Crippen LogP contribution in [0.25, 0.3) is 10.9 Å². The van der Waals surface area contributed by atoms with Gasteiger partial charge in [-0.3, -0.25) is 0 Å². The average Bonchev–Trinajstić information content (AvgIpc) is 2.46. The zero-order valence-electron chi connectivity index (χ0n) is 10.4. The van der Waals surface area contributed by atoms with E-state index in [0.717, 1.165) is 31.7 Å². The van der Waals surface area contributed by atoms with E-state index in [-0.39, 0.29) is 5.82 Å². The molecule has 0 bridgehead atoms. The lowest BCUT2D eigenvalue weighted by Crippen LogP contribution is -1.89. The second kappa shape index (κ2) is 5.89. The van der Waals surface area contributed by atoms with Crippen LogP contribution in [0.2, 0.25) is 0 Å². The maximum Gasteiger partial charge on any atom is 0.124 e. The monoisotopic (exact) mass is 348 g/mol. The Bertz CT molecular complexity index is 758. The zero-order valence-corrected chi connectivity index (χ0v) is 12.8. The molecule has 0 aliphatic heterocycles. The minimum atomic E-state index is -0.238. The van der Waals surface area contributed by atoms with Crippen molar-refractivity contribution >= 4 is 38.6 Å². The van der Waals surface area contributed by atoms with Gasteiger partial charge in [0, 0.05) is 15.6 Å². The van der Waals surface area contributed by atoms with Crippen LogP contribution in [0.4, 0.5) is 4.39 Å². The van der Waals surface area contributed by atoms with Gasteiger partial charge in [-0.1, -0.05) is 40.2 Å². The highest BCUT2D eigenvalue weighted by atomic mass is 79.9. The molecule has 5 heteroatoms. The standard InChI is InChI=1S/C15H10BrFN2S/c16-13-7-11(17)6-5-10(13)8-20-15-12-3-1-2-4-14(12)18-9-19-15/h1-7,9H,8H2. The van der Waals surface area contributed by atoms with Crippen molar-refractivity contribution in [3.8, 4) is 0 Å². The van der Waals surface area contributed by atoms with Crippen molar-refractivity contribution in [1.82, 2.24) is 9.97 Å². The lowest BCUT2D eigenvalue weighted by molar-refractivity contribution is 0.626. The van der Waals surface area contributed by atoms with Gasteiger partial charge in [-0.2, -0.15) is 0 Å². The lowest BCUT2D eigenvalue weighted by atomic mass is 10.2. The molecule has 2 aromatic carbocycles. The Morgan fingerprint density at radius 2 is 1.95 bits per heavy atom. The Morgan fingerprint density at radius 3 is 2.80 bits per heavy atom. The highest BCUT2D eigenvalue weighted by molar-refractivity contribution is 9.10. The molecule has 1 aromatic heterocycles. The van der Waals surface area contributed by atoms with E-state index >= 15 is 0 Å². The van der Waals surface area contributed by atoms with E-state index in [0.29, 0.717) is 0 Å². The lowest BCUT2D eigenvalue weighted by Gasteiger charge is -2.06. The molecular weight excluding hydrogens is 339 g/mol. The molecule has 0 aliphatic carbocycles. The molecule has 0 spiro atoms. The number of halogens is 2. The van der Waals surface area contributed by atoms with E-state index in [1.165, 1.54) is 12.1 Å². The van der Waals surface area contributed by atoms with Gasteiger partial charge in [0.05, 0.1) is 5.52 Å². The molecule has 0 N–H and O–H groups in total. The molecule has 0 saturated heterocycles. The number of hydrogen-bond acceptors (Lipinski definition) is 3. The first-order valence-electron chi connectivity index (χ1n) is 6.00. The second-order valence-corrected chi connectivity index (χ2v) is 6.04. The summed E-state index contributed by atoms with van der Waals surface area (Å²) < 4.78 is 13.8. The largest absolute Gasteiger partial charge is 0.236 e. The fourth-order valence-corrected chi connectivity index (χ4v) is 3.55. The van der Waals surface area contributed by atoms with Gasteiger partial charge in [0.1, 0.15) is 17.2 Å². The van der Waals surface area contributed by atoms with Gasteiger partial charge in [-0.15, -0.1) is 11.8 Å². The summed E-state index contributed by atoms with van der Waals surface area (Å²) in [5, 5.41) is 1.98. The van der Waals surface area contributed by atoms with Crippen LogP contribution in [-0.2, 0) is 5.75 Å². The van der Waals surface area contributed by atoms with Gasteiger partial charge >= 0.3 is 0 Å². The number of aromatic nitrogens is 2. The van der Waals surface area contributed by atoms with Crippen molar-refractivity contribution in [2.75, 3.05) is 0 Å². The highest BCUT2D eigenvalue weighted by Crippen LogP contribution is 2.29. The molecule has 100 valence electrons. The number of nitrogens with zero attached hydrogens (tertiary/aromatic N) is 2. The SMILES string of the molecule is Fc1ccc(CSc2ncnc3ccccc23)c(Br)c1. The molecule has 0 fully saturated rings. The van der Waals surface area contributed by atoms with Gasteiger partial charge < -0.3 is 0 Å². The van der Waals surface area contributed by atoms with Crippen LogP contribution in [0.5, 0.6) is 0 Å². The molecule has 0 saturated carbocycles. The maximum absolute atomic E-state index is 13.1. The molecule has 0 amide bonds. The maximum atomic E-state index is 13.1. The third kappa shape index (κ3) is 2.83. The first kappa shape index (κ1) is 13.5. The van der Waals surface area contributed by atoms with Crippen molar-refractivity contribution in [1.29, 1.82) is 0 Å². The number of rotatable bonds is 3. The van der Waals surface area contributed by atoms with Crippen LogP contribution in [0, 0.1) is 5.82 Å². The van der Waals surface area contributed by atoms with E-state index in [4.69, 9.17) is 0 Å². The van der Waals surface area contributed by atoms with E-state index in [9.17, 15) is 4.39 Å². The summed E-state index contributed by atoms with van der Waals surface area (Å²) in [4.78, 5) is 8.57. The van der Waals surface area contributed by atoms with E-state index in [2.05, 4.69) is 25.9 Å². The first-order chi connectivity index (χ1) is 9.74. The first-order valence-corrected chi connectivity index (χ1v) is 7.78. The summed E-state index contributed by atoms with van der Waals surface area (Å²) in [6.45, 7) is 0. The van der Waals surface area contributed by atoms with Gasteiger partial charge in [0.15, 0.2) is 0 Å². The van der Waals surface area contributed by atoms with Crippen molar-refractivity contribution in [3.05, 3.63) is 64.6 Å². The summed E-state index contributed by atoms with van der Waals surface area (Å²) in [6, 6.07) is 12.7. The molecule has 2 nitrogen and oxygen atoms in total. The number of thioether (sulfide) groups is 1. The van der Waals surface area contributed by atoms with Crippen LogP contribution in [0.3, 0.4) is 0 Å². The second-order valence-electron chi connectivity index (χ2n) is 4.22. The predicted octanol–water partition coefficient (Wildman–Crippen LogP) is 4.82. The van der Waals surface area contributed by atoms with Gasteiger partial charge in [0.25, 0.3) is 0 Å². The molecule has 1 heterocycles. The predicted molar refractivity (Wildman–Crippen MR) is 83.2 cm³/mol. The van der Waals surface area contributed by atoms with Crippen molar-refractivity contribution in [2.45, 2.75) is 10.8 Å². The summed E-state index contributed by atoms with van der Waals surface area (Å²) in [6.07, 6.45) is 1.57. The smallest absolute Gasteiger partial charge is 0.124 e. The Morgan fingerprint density at radius 1 is 1.10 bits per heavy atom. The van der Waals surface area contributed by atoms with E-state index in [1.54, 1.807) is 24.2 Å². The summed E-state index contributed by atoms with van der Waals surface area (Å²) in [5.41, 5.74) is 1.97. The van der Waals surface area contributed by atoms with Crippen LogP contribution in [0.15, 0.2) is 58.3 Å². The molecule has 0 atom stereocenters. The number of fused-ring (bicyclic) bond motifs is 1. The third-order valence-corrected chi connectivity index (χ3v) is 4.68.